The number of nitrogens with one attached hydrogen (secondary N) is 1. The summed E-state index contributed by atoms with van der Waals surface area (Å²) in [5.74, 6) is 1.97. The first kappa shape index (κ1) is 19.0. The van der Waals surface area contributed by atoms with Gasteiger partial charge in [-0.2, -0.15) is 0 Å². The summed E-state index contributed by atoms with van der Waals surface area (Å²) in [7, 11) is 1.64. The standard InChI is InChI=1S/C20H24N6O4/c1-28-8-7-26-19(22-23-24-26)18(25-5-3-2-4-6-25)14-9-13-10-16-17(30-12-29-16)11-15(13)21-20(14)27/h9-11,18H,2-8,12H2,1H3,(H,21,27)/t18-/m0/s1. The van der Waals surface area contributed by atoms with Gasteiger partial charge in [0.2, 0.25) is 6.79 Å². The first-order valence-corrected chi connectivity index (χ1v) is 10.2. The van der Waals surface area contributed by atoms with E-state index in [-0.39, 0.29) is 18.4 Å². The van der Waals surface area contributed by atoms with Crippen molar-refractivity contribution in [2.75, 3.05) is 33.6 Å². The van der Waals surface area contributed by atoms with Crippen molar-refractivity contribution in [3.05, 3.63) is 39.9 Å². The maximum atomic E-state index is 13.2. The van der Waals surface area contributed by atoms with Crippen LogP contribution in [0.15, 0.2) is 23.0 Å². The molecule has 0 unspecified atom stereocenters. The molecule has 0 bridgehead atoms. The molecule has 1 N–H and O–H groups in total. The Kier molecular flexibility index (Phi) is 5.09. The number of fused-ring (bicyclic) bond motifs is 2. The van der Waals surface area contributed by atoms with Gasteiger partial charge in [-0.05, 0) is 48.5 Å². The topological polar surface area (TPSA) is 107 Å². The lowest BCUT2D eigenvalue weighted by molar-refractivity contribution is 0.163. The Morgan fingerprint density at radius 2 is 1.97 bits per heavy atom. The zero-order valence-corrected chi connectivity index (χ0v) is 16.8. The average Bonchev–Trinajstić information content (AvgIpc) is 3.41. The average molecular weight is 412 g/mol. The highest BCUT2D eigenvalue weighted by Crippen LogP contribution is 2.36. The number of rotatable bonds is 6. The largest absolute Gasteiger partial charge is 0.454 e. The predicted octanol–water partition coefficient (Wildman–Crippen LogP) is 1.46. The van der Waals surface area contributed by atoms with Gasteiger partial charge in [-0.1, -0.05) is 6.42 Å². The number of aromatic nitrogens is 5. The van der Waals surface area contributed by atoms with Gasteiger partial charge in [-0.15, -0.1) is 5.10 Å². The predicted molar refractivity (Wildman–Crippen MR) is 108 cm³/mol. The van der Waals surface area contributed by atoms with Crippen molar-refractivity contribution in [3.8, 4) is 11.5 Å². The molecule has 2 aliphatic heterocycles. The molecule has 4 heterocycles. The summed E-state index contributed by atoms with van der Waals surface area (Å²) in [6, 6.07) is 5.29. The summed E-state index contributed by atoms with van der Waals surface area (Å²) in [5.41, 5.74) is 1.18. The third-order valence-electron chi connectivity index (χ3n) is 5.73. The number of aromatic amines is 1. The number of hydrogen-bond donors (Lipinski definition) is 1. The second-order valence-corrected chi connectivity index (χ2v) is 7.60. The van der Waals surface area contributed by atoms with E-state index in [2.05, 4.69) is 25.4 Å². The van der Waals surface area contributed by atoms with Crippen molar-refractivity contribution >= 4 is 10.9 Å². The van der Waals surface area contributed by atoms with Crippen LogP contribution in [0.2, 0.25) is 0 Å². The Bertz CT molecular complexity index is 1100. The molecule has 2 aromatic heterocycles. The lowest BCUT2D eigenvalue weighted by Crippen LogP contribution is -2.38. The quantitative estimate of drug-likeness (QED) is 0.649. The number of ether oxygens (including phenoxy) is 3. The van der Waals surface area contributed by atoms with E-state index in [1.165, 1.54) is 6.42 Å². The van der Waals surface area contributed by atoms with Crippen LogP contribution in [0.1, 0.15) is 36.7 Å². The summed E-state index contributed by atoms with van der Waals surface area (Å²) < 4.78 is 17.9. The van der Waals surface area contributed by atoms with Crippen LogP contribution in [0.3, 0.4) is 0 Å². The minimum absolute atomic E-state index is 0.154. The Morgan fingerprint density at radius 3 is 2.77 bits per heavy atom. The van der Waals surface area contributed by atoms with Gasteiger partial charge in [0.1, 0.15) is 6.04 Å². The minimum Gasteiger partial charge on any atom is -0.454 e. The molecule has 1 atom stereocenters. The fourth-order valence-corrected chi connectivity index (χ4v) is 4.24. The molecule has 2 aliphatic rings. The maximum Gasteiger partial charge on any atom is 0.253 e. The molecule has 1 aromatic carbocycles. The summed E-state index contributed by atoms with van der Waals surface area (Å²) >= 11 is 0. The van der Waals surface area contributed by atoms with Crippen molar-refractivity contribution < 1.29 is 14.2 Å². The van der Waals surface area contributed by atoms with Gasteiger partial charge in [0, 0.05) is 24.1 Å². The van der Waals surface area contributed by atoms with Crippen LogP contribution in [0.25, 0.3) is 10.9 Å². The van der Waals surface area contributed by atoms with Gasteiger partial charge >= 0.3 is 0 Å². The zero-order chi connectivity index (χ0) is 20.5. The van der Waals surface area contributed by atoms with Crippen LogP contribution < -0.4 is 15.0 Å². The van der Waals surface area contributed by atoms with Gasteiger partial charge in [0.05, 0.1) is 18.7 Å². The molecule has 1 fully saturated rings. The van der Waals surface area contributed by atoms with Crippen molar-refractivity contribution in [2.45, 2.75) is 31.8 Å². The normalized spacial score (nSPS) is 17.5. The molecule has 0 spiro atoms. The Morgan fingerprint density at radius 1 is 1.17 bits per heavy atom. The second-order valence-electron chi connectivity index (χ2n) is 7.60. The van der Waals surface area contributed by atoms with Crippen LogP contribution in [0.5, 0.6) is 11.5 Å². The third kappa shape index (κ3) is 3.41. The van der Waals surface area contributed by atoms with Crippen molar-refractivity contribution in [1.82, 2.24) is 30.1 Å². The van der Waals surface area contributed by atoms with Gasteiger partial charge < -0.3 is 19.2 Å². The minimum atomic E-state index is -0.337. The molecule has 30 heavy (non-hydrogen) atoms. The molecule has 10 nitrogen and oxygen atoms in total. The number of likely N-dealkylation sites (tertiary alicyclic amines) is 1. The van der Waals surface area contributed by atoms with Gasteiger partial charge in [-0.3, -0.25) is 9.69 Å². The molecule has 158 valence electrons. The summed E-state index contributed by atoms with van der Waals surface area (Å²) in [6.45, 7) is 2.98. The summed E-state index contributed by atoms with van der Waals surface area (Å²) in [6.07, 6.45) is 3.36. The number of benzene rings is 1. The van der Waals surface area contributed by atoms with E-state index in [9.17, 15) is 4.79 Å². The second kappa shape index (κ2) is 8.04. The van der Waals surface area contributed by atoms with Gasteiger partial charge in [0.25, 0.3) is 5.56 Å². The molecule has 0 amide bonds. The van der Waals surface area contributed by atoms with Crippen LogP contribution in [0, 0.1) is 0 Å². The van der Waals surface area contributed by atoms with E-state index in [0.29, 0.717) is 41.6 Å². The number of H-pyrrole nitrogens is 1. The number of nitrogens with zero attached hydrogens (tertiary/aromatic N) is 5. The third-order valence-corrected chi connectivity index (χ3v) is 5.73. The Hall–Kier alpha value is -2.98. The highest BCUT2D eigenvalue weighted by atomic mass is 16.7. The smallest absolute Gasteiger partial charge is 0.253 e. The Balaban J connectivity index is 1.63. The lowest BCUT2D eigenvalue weighted by Gasteiger charge is -2.33. The molecular formula is C20H24N6O4. The summed E-state index contributed by atoms with van der Waals surface area (Å²) in [5, 5.41) is 13.2. The van der Waals surface area contributed by atoms with E-state index < -0.39 is 0 Å². The monoisotopic (exact) mass is 412 g/mol. The number of piperidine rings is 1. The van der Waals surface area contributed by atoms with Crippen LogP contribution in [0.4, 0.5) is 0 Å². The lowest BCUT2D eigenvalue weighted by atomic mass is 10.0. The molecular weight excluding hydrogens is 388 g/mol. The molecule has 0 aliphatic carbocycles. The van der Waals surface area contributed by atoms with Crippen molar-refractivity contribution in [2.24, 2.45) is 0 Å². The van der Waals surface area contributed by atoms with Gasteiger partial charge in [-0.25, -0.2) is 4.68 Å². The molecule has 1 saturated heterocycles. The van der Waals surface area contributed by atoms with Gasteiger partial charge in [0.15, 0.2) is 17.3 Å². The Labute approximate surface area is 172 Å². The van der Waals surface area contributed by atoms with E-state index in [4.69, 9.17) is 14.2 Å². The maximum absolute atomic E-state index is 13.2. The molecule has 3 aromatic rings. The van der Waals surface area contributed by atoms with Crippen molar-refractivity contribution in [3.63, 3.8) is 0 Å². The zero-order valence-electron chi connectivity index (χ0n) is 16.8. The molecule has 5 rings (SSSR count). The van der Waals surface area contributed by atoms with E-state index in [1.54, 1.807) is 17.9 Å². The van der Waals surface area contributed by atoms with Crippen LogP contribution >= 0.6 is 0 Å². The van der Waals surface area contributed by atoms with E-state index in [0.717, 1.165) is 31.3 Å². The fraction of sp³-hybridized carbons (Fsp3) is 0.500. The van der Waals surface area contributed by atoms with E-state index in [1.807, 2.05) is 12.1 Å². The number of methoxy groups -OCH3 is 1. The van der Waals surface area contributed by atoms with E-state index >= 15 is 0 Å². The molecule has 10 heteroatoms. The highest BCUT2D eigenvalue weighted by Gasteiger charge is 2.31. The van der Waals surface area contributed by atoms with Crippen molar-refractivity contribution in [1.29, 1.82) is 0 Å². The number of tetrazole rings is 1. The number of hydrogen-bond acceptors (Lipinski definition) is 8. The first-order chi connectivity index (χ1) is 14.7. The number of pyridine rings is 1. The highest BCUT2D eigenvalue weighted by molar-refractivity contribution is 5.83. The summed E-state index contributed by atoms with van der Waals surface area (Å²) in [4.78, 5) is 18.5. The fourth-order valence-electron chi connectivity index (χ4n) is 4.24. The molecule has 0 saturated carbocycles. The van der Waals surface area contributed by atoms with Crippen LogP contribution in [-0.2, 0) is 11.3 Å². The SMILES string of the molecule is COCCn1nnnc1[C@H](c1cc2cc3c(cc2[nH]c1=O)OCO3)N1CCCCC1. The molecule has 0 radical (unpaired) electrons. The first-order valence-electron chi connectivity index (χ1n) is 10.2. The van der Waals surface area contributed by atoms with Crippen LogP contribution in [-0.4, -0.2) is 63.7 Å².